The van der Waals surface area contributed by atoms with E-state index < -0.39 is 5.82 Å². The fourth-order valence-electron chi connectivity index (χ4n) is 2.67. The zero-order valence-electron chi connectivity index (χ0n) is 14.3. The summed E-state index contributed by atoms with van der Waals surface area (Å²) < 4.78 is 26.0. The molecule has 0 unspecified atom stereocenters. The fourth-order valence-corrected chi connectivity index (χ4v) is 2.83. The second kappa shape index (κ2) is 7.62. The van der Waals surface area contributed by atoms with E-state index in [1.807, 2.05) is 24.3 Å². The summed E-state index contributed by atoms with van der Waals surface area (Å²) in [4.78, 5) is 12.4. The van der Waals surface area contributed by atoms with E-state index in [-0.39, 0.29) is 12.1 Å². The van der Waals surface area contributed by atoms with Gasteiger partial charge in [0, 0.05) is 28.4 Å². The summed E-state index contributed by atoms with van der Waals surface area (Å²) in [6.07, 6.45) is 1.66. The van der Waals surface area contributed by atoms with Gasteiger partial charge in [-0.15, -0.1) is 0 Å². The van der Waals surface area contributed by atoms with Crippen LogP contribution in [0, 0.1) is 5.82 Å². The van der Waals surface area contributed by atoms with Crippen molar-refractivity contribution in [2.75, 3.05) is 14.2 Å². The molecule has 0 saturated carbocycles. The van der Waals surface area contributed by atoms with Crippen molar-refractivity contribution in [3.8, 4) is 22.6 Å². The number of aromatic nitrogens is 1. The molecular formula is C20H17ClFNO3. The van der Waals surface area contributed by atoms with Crippen LogP contribution in [0.15, 0.2) is 59.5 Å². The SMILES string of the molecule is COc1ccc(-c2cn(Cc3ccc(Cl)cc3F)c(=O)cc2OC)cc1. The number of rotatable bonds is 5. The second-order valence-electron chi connectivity index (χ2n) is 5.69. The molecule has 1 aromatic heterocycles. The highest BCUT2D eigenvalue weighted by atomic mass is 35.5. The van der Waals surface area contributed by atoms with E-state index >= 15 is 0 Å². The van der Waals surface area contributed by atoms with Gasteiger partial charge in [-0.2, -0.15) is 0 Å². The lowest BCUT2D eigenvalue weighted by Crippen LogP contribution is -2.20. The number of pyridine rings is 1. The van der Waals surface area contributed by atoms with Gasteiger partial charge in [-0.05, 0) is 29.8 Å². The minimum atomic E-state index is -0.453. The van der Waals surface area contributed by atoms with Gasteiger partial charge >= 0.3 is 0 Å². The molecule has 0 saturated heterocycles. The summed E-state index contributed by atoms with van der Waals surface area (Å²) in [6.45, 7) is 0.0922. The Hall–Kier alpha value is -2.79. The first kappa shape index (κ1) is 18.0. The molecule has 2 aromatic carbocycles. The molecule has 0 aliphatic heterocycles. The Morgan fingerprint density at radius 2 is 1.77 bits per heavy atom. The Morgan fingerprint density at radius 1 is 1.04 bits per heavy atom. The average Bonchev–Trinajstić information content (AvgIpc) is 2.65. The molecule has 3 rings (SSSR count). The summed E-state index contributed by atoms with van der Waals surface area (Å²) in [5.74, 6) is 0.725. The molecule has 0 spiro atoms. The van der Waals surface area contributed by atoms with Crippen molar-refractivity contribution in [2.24, 2.45) is 0 Å². The Kier molecular flexibility index (Phi) is 5.28. The molecule has 0 N–H and O–H groups in total. The third-order valence-corrected chi connectivity index (χ3v) is 4.30. The van der Waals surface area contributed by atoms with E-state index in [1.54, 1.807) is 25.4 Å². The molecular weight excluding hydrogens is 357 g/mol. The molecule has 3 aromatic rings. The van der Waals surface area contributed by atoms with Crippen molar-refractivity contribution in [2.45, 2.75) is 6.54 Å². The van der Waals surface area contributed by atoms with Crippen molar-refractivity contribution >= 4 is 11.6 Å². The molecule has 6 heteroatoms. The maximum Gasteiger partial charge on any atom is 0.254 e. The predicted molar refractivity (Wildman–Crippen MR) is 99.8 cm³/mol. The number of methoxy groups -OCH3 is 2. The minimum absolute atomic E-state index is 0.0922. The highest BCUT2D eigenvalue weighted by molar-refractivity contribution is 6.30. The van der Waals surface area contributed by atoms with Crippen LogP contribution in [-0.2, 0) is 6.54 Å². The van der Waals surface area contributed by atoms with E-state index in [1.165, 1.54) is 23.8 Å². The molecule has 0 bridgehead atoms. The first-order chi connectivity index (χ1) is 12.5. The van der Waals surface area contributed by atoms with E-state index in [0.29, 0.717) is 16.3 Å². The Morgan fingerprint density at radius 3 is 2.38 bits per heavy atom. The van der Waals surface area contributed by atoms with Crippen LogP contribution < -0.4 is 15.0 Å². The fraction of sp³-hybridized carbons (Fsp3) is 0.150. The number of benzene rings is 2. The van der Waals surface area contributed by atoms with Crippen LogP contribution in [-0.4, -0.2) is 18.8 Å². The quantitative estimate of drug-likeness (QED) is 0.666. The maximum atomic E-state index is 14.1. The third kappa shape index (κ3) is 3.73. The normalized spacial score (nSPS) is 10.6. The summed E-state index contributed by atoms with van der Waals surface area (Å²) in [5.41, 5.74) is 1.67. The largest absolute Gasteiger partial charge is 0.497 e. The van der Waals surface area contributed by atoms with Crippen molar-refractivity contribution < 1.29 is 13.9 Å². The number of hydrogen-bond donors (Lipinski definition) is 0. The van der Waals surface area contributed by atoms with Gasteiger partial charge in [0.15, 0.2) is 0 Å². The van der Waals surface area contributed by atoms with Crippen LogP contribution in [0.2, 0.25) is 5.02 Å². The van der Waals surface area contributed by atoms with Crippen LogP contribution in [0.1, 0.15) is 5.56 Å². The van der Waals surface area contributed by atoms with Crippen LogP contribution in [0.25, 0.3) is 11.1 Å². The van der Waals surface area contributed by atoms with Gasteiger partial charge in [-0.25, -0.2) is 4.39 Å². The number of hydrogen-bond acceptors (Lipinski definition) is 3. The summed E-state index contributed by atoms with van der Waals surface area (Å²) in [7, 11) is 3.10. The summed E-state index contributed by atoms with van der Waals surface area (Å²) in [5, 5.41) is 0.312. The Balaban J connectivity index is 2.04. The molecule has 0 aliphatic carbocycles. The van der Waals surface area contributed by atoms with Crippen molar-refractivity contribution in [3.05, 3.63) is 81.5 Å². The zero-order valence-corrected chi connectivity index (χ0v) is 15.1. The number of halogens is 2. The predicted octanol–water partition coefficient (Wildman–Crippen LogP) is 4.37. The molecule has 1 heterocycles. The molecule has 0 amide bonds. The van der Waals surface area contributed by atoms with E-state index in [0.717, 1.165) is 16.9 Å². The van der Waals surface area contributed by atoms with Gasteiger partial charge in [0.25, 0.3) is 5.56 Å². The van der Waals surface area contributed by atoms with Crippen molar-refractivity contribution in [3.63, 3.8) is 0 Å². The van der Waals surface area contributed by atoms with Crippen molar-refractivity contribution in [1.29, 1.82) is 0 Å². The van der Waals surface area contributed by atoms with Gasteiger partial charge in [-0.1, -0.05) is 29.8 Å². The van der Waals surface area contributed by atoms with E-state index in [4.69, 9.17) is 21.1 Å². The zero-order chi connectivity index (χ0) is 18.7. The van der Waals surface area contributed by atoms with E-state index in [2.05, 4.69) is 0 Å². The number of ether oxygens (including phenoxy) is 2. The van der Waals surface area contributed by atoms with Crippen LogP contribution in [0.3, 0.4) is 0 Å². The van der Waals surface area contributed by atoms with Gasteiger partial charge < -0.3 is 14.0 Å². The van der Waals surface area contributed by atoms with Crippen molar-refractivity contribution in [1.82, 2.24) is 4.57 Å². The number of nitrogens with zero attached hydrogens (tertiary/aromatic N) is 1. The molecule has 0 radical (unpaired) electrons. The lowest BCUT2D eigenvalue weighted by atomic mass is 10.1. The first-order valence-electron chi connectivity index (χ1n) is 7.88. The lowest BCUT2D eigenvalue weighted by Gasteiger charge is -2.13. The van der Waals surface area contributed by atoms with Gasteiger partial charge in [0.2, 0.25) is 0 Å². The molecule has 26 heavy (non-hydrogen) atoms. The Labute approximate surface area is 155 Å². The van der Waals surface area contributed by atoms with E-state index in [9.17, 15) is 9.18 Å². The highest BCUT2D eigenvalue weighted by Gasteiger charge is 2.12. The topological polar surface area (TPSA) is 40.5 Å². The smallest absolute Gasteiger partial charge is 0.254 e. The van der Waals surface area contributed by atoms with Crippen LogP contribution in [0.5, 0.6) is 11.5 Å². The molecule has 4 nitrogen and oxygen atoms in total. The second-order valence-corrected chi connectivity index (χ2v) is 6.12. The first-order valence-corrected chi connectivity index (χ1v) is 8.26. The van der Waals surface area contributed by atoms with Crippen LogP contribution in [0.4, 0.5) is 4.39 Å². The van der Waals surface area contributed by atoms with Gasteiger partial charge in [-0.3, -0.25) is 4.79 Å². The molecule has 0 atom stereocenters. The lowest BCUT2D eigenvalue weighted by molar-refractivity contribution is 0.413. The third-order valence-electron chi connectivity index (χ3n) is 4.06. The summed E-state index contributed by atoms with van der Waals surface area (Å²) >= 11 is 5.79. The minimum Gasteiger partial charge on any atom is -0.497 e. The summed E-state index contributed by atoms with van der Waals surface area (Å²) in [6, 6.07) is 13.2. The molecule has 0 fully saturated rings. The molecule has 0 aliphatic rings. The van der Waals surface area contributed by atoms with Gasteiger partial charge in [0.05, 0.1) is 20.8 Å². The van der Waals surface area contributed by atoms with Crippen LogP contribution >= 0.6 is 11.6 Å². The standard InChI is InChI=1S/C20H17ClFNO3/c1-25-16-7-4-13(5-8-16)17-12-23(20(24)10-19(17)26-2)11-14-3-6-15(21)9-18(14)22/h3-10,12H,11H2,1-2H3. The van der Waals surface area contributed by atoms with Gasteiger partial charge in [0.1, 0.15) is 17.3 Å². The highest BCUT2D eigenvalue weighted by Crippen LogP contribution is 2.30. The monoisotopic (exact) mass is 373 g/mol. The molecule has 134 valence electrons. The Bertz CT molecular complexity index is 983. The average molecular weight is 374 g/mol. The maximum absolute atomic E-state index is 14.1.